The lowest BCUT2D eigenvalue weighted by atomic mass is 9.82. The van der Waals surface area contributed by atoms with Gasteiger partial charge in [0.15, 0.2) is 0 Å². The first kappa shape index (κ1) is 49.5. The Morgan fingerprint density at radius 3 is 1.75 bits per heavy atom. The molecule has 2 aliphatic rings. The molecule has 0 aromatic heterocycles. The fraction of sp³-hybridized carbons (Fsp3) is 0.500. The van der Waals surface area contributed by atoms with Crippen LogP contribution in [0.1, 0.15) is 69.2 Å². The summed E-state index contributed by atoms with van der Waals surface area (Å²) in [5, 5.41) is 0. The molecule has 1 heterocycles. The van der Waals surface area contributed by atoms with Gasteiger partial charge in [-0.15, -0.1) is 0 Å². The van der Waals surface area contributed by atoms with Gasteiger partial charge >= 0.3 is 10.4 Å². The van der Waals surface area contributed by atoms with Crippen molar-refractivity contribution in [2.24, 2.45) is 11.8 Å². The van der Waals surface area contributed by atoms with Crippen molar-refractivity contribution in [2.75, 3.05) is 27.9 Å². The predicted octanol–water partition coefficient (Wildman–Crippen LogP) is 8.70. The molecule has 3 unspecified atom stereocenters. The quantitative estimate of drug-likeness (QED) is 0.0529. The minimum Gasteiger partial charge on any atom is -0.497 e. The van der Waals surface area contributed by atoms with E-state index < -0.39 is 52.5 Å². The SMILES string of the molecule is CC[C@H]1[C+](C[C@@H](OCc2ccccc2)C(OS(=O)(=O)O)[C@@H]2OC(C)(OC)C(C)(OC)O[C@H]2[C@H](COCc2ccccc2)OCc2ccccc2)C[C@@H](OCc2ccc(OC)cc2)[C@@H]1C. The number of rotatable bonds is 24. The summed E-state index contributed by atoms with van der Waals surface area (Å²) in [7, 11) is -0.608. The van der Waals surface area contributed by atoms with Crippen molar-refractivity contribution in [2.45, 2.75) is 122 Å². The average molecular weight is 906 g/mol. The molecule has 10 atom stereocenters. The van der Waals surface area contributed by atoms with Crippen molar-refractivity contribution < 1.29 is 59.8 Å². The fourth-order valence-electron chi connectivity index (χ4n) is 8.79. The predicted molar refractivity (Wildman–Crippen MR) is 240 cm³/mol. The van der Waals surface area contributed by atoms with Gasteiger partial charge < -0.3 is 42.6 Å². The smallest absolute Gasteiger partial charge is 0.397 e. The Bertz CT molecular complexity index is 2080. The molecule has 0 spiro atoms. The van der Waals surface area contributed by atoms with E-state index in [1.807, 2.05) is 115 Å². The summed E-state index contributed by atoms with van der Waals surface area (Å²) >= 11 is 0. The van der Waals surface area contributed by atoms with Crippen molar-refractivity contribution >= 4 is 10.4 Å². The molecule has 0 amide bonds. The molecule has 1 N–H and O–H groups in total. The van der Waals surface area contributed by atoms with Gasteiger partial charge in [0, 0.05) is 20.1 Å². The highest BCUT2D eigenvalue weighted by molar-refractivity contribution is 7.80. The lowest BCUT2D eigenvalue weighted by Crippen LogP contribution is -2.70. The van der Waals surface area contributed by atoms with Crippen molar-refractivity contribution in [3.63, 3.8) is 0 Å². The van der Waals surface area contributed by atoms with Gasteiger partial charge in [0.2, 0.25) is 11.6 Å². The summed E-state index contributed by atoms with van der Waals surface area (Å²) in [6, 6.07) is 36.7. The Hall–Kier alpha value is -3.90. The van der Waals surface area contributed by atoms with Gasteiger partial charge in [-0.25, -0.2) is 4.18 Å². The van der Waals surface area contributed by atoms with Crippen molar-refractivity contribution in [1.82, 2.24) is 0 Å². The molecule has 0 bridgehead atoms. The van der Waals surface area contributed by atoms with Crippen LogP contribution in [0.15, 0.2) is 115 Å². The Morgan fingerprint density at radius 2 is 1.23 bits per heavy atom. The van der Waals surface area contributed by atoms with Crippen molar-refractivity contribution in [1.29, 1.82) is 0 Å². The highest BCUT2D eigenvalue weighted by Crippen LogP contribution is 2.48. The molecular formula is C50H65O13S+. The molecule has 0 radical (unpaired) electrons. The third-order valence-electron chi connectivity index (χ3n) is 12.7. The second-order valence-electron chi connectivity index (χ2n) is 16.8. The molecule has 1 aliphatic heterocycles. The van der Waals surface area contributed by atoms with Crippen molar-refractivity contribution in [3.8, 4) is 5.75 Å². The first-order chi connectivity index (χ1) is 30.8. The molecule has 2 fully saturated rings. The van der Waals surface area contributed by atoms with Gasteiger partial charge in [-0.05, 0) is 54.7 Å². The molecule has 64 heavy (non-hydrogen) atoms. The normalized spacial score (nSPS) is 26.4. The highest BCUT2D eigenvalue weighted by atomic mass is 32.3. The molecule has 4 aromatic carbocycles. The molecule has 1 saturated heterocycles. The minimum atomic E-state index is -5.16. The van der Waals surface area contributed by atoms with E-state index in [2.05, 4.69) is 13.8 Å². The van der Waals surface area contributed by atoms with E-state index in [-0.39, 0.29) is 50.8 Å². The van der Waals surface area contributed by atoms with E-state index in [1.165, 1.54) is 14.2 Å². The van der Waals surface area contributed by atoms with Crippen molar-refractivity contribution in [3.05, 3.63) is 143 Å². The number of benzene rings is 4. The summed E-state index contributed by atoms with van der Waals surface area (Å²) in [5.74, 6) is -1.08. The van der Waals surface area contributed by atoms with Crippen LogP contribution in [0.5, 0.6) is 5.75 Å². The maximum atomic E-state index is 13.2. The summed E-state index contributed by atoms with van der Waals surface area (Å²) in [5.41, 5.74) is 3.69. The van der Waals surface area contributed by atoms with E-state index in [1.54, 1.807) is 21.0 Å². The van der Waals surface area contributed by atoms with Crippen LogP contribution in [0.3, 0.4) is 0 Å². The molecule has 6 rings (SSSR count). The van der Waals surface area contributed by atoms with Gasteiger partial charge in [-0.2, -0.15) is 8.42 Å². The van der Waals surface area contributed by atoms with Crippen LogP contribution in [-0.4, -0.2) is 89.1 Å². The topological polar surface area (TPSA) is 147 Å². The zero-order chi connectivity index (χ0) is 45.7. The first-order valence-electron chi connectivity index (χ1n) is 21.9. The lowest BCUT2D eigenvalue weighted by molar-refractivity contribution is -0.462. The molecule has 1 saturated carbocycles. The molecule has 13 nitrogen and oxygen atoms in total. The molecule has 14 heteroatoms. The third kappa shape index (κ3) is 12.9. The van der Waals surface area contributed by atoms with Gasteiger partial charge in [0.1, 0.15) is 61.1 Å². The van der Waals surface area contributed by atoms with E-state index in [0.29, 0.717) is 13.0 Å². The summed E-state index contributed by atoms with van der Waals surface area (Å²) < 4.78 is 100. The monoisotopic (exact) mass is 905 g/mol. The molecule has 348 valence electrons. The van der Waals surface area contributed by atoms with Gasteiger partial charge in [0.05, 0.1) is 46.1 Å². The van der Waals surface area contributed by atoms with E-state index in [0.717, 1.165) is 40.3 Å². The zero-order valence-electron chi connectivity index (χ0n) is 38.0. The largest absolute Gasteiger partial charge is 0.497 e. The summed E-state index contributed by atoms with van der Waals surface area (Å²) in [4.78, 5) is 0. The first-order valence-corrected chi connectivity index (χ1v) is 23.3. The Morgan fingerprint density at radius 1 is 0.719 bits per heavy atom. The minimum absolute atomic E-state index is 0.0100. The van der Waals surface area contributed by atoms with Crippen LogP contribution in [-0.2, 0) is 78.9 Å². The maximum absolute atomic E-state index is 13.2. The number of hydrogen-bond acceptors (Lipinski definition) is 12. The maximum Gasteiger partial charge on any atom is 0.397 e. The van der Waals surface area contributed by atoms with Gasteiger partial charge in [-0.1, -0.05) is 117 Å². The Balaban J connectivity index is 1.38. The molecule has 1 aliphatic carbocycles. The average Bonchev–Trinajstić information content (AvgIpc) is 3.61. The second-order valence-corrected chi connectivity index (χ2v) is 17.8. The summed E-state index contributed by atoms with van der Waals surface area (Å²) in [6.07, 6.45) is -4.40. The summed E-state index contributed by atoms with van der Waals surface area (Å²) in [6.45, 7) is 8.53. The standard InChI is InChI=1S/C50H64O13S/c1-8-42-35(2)43(58-33-39-24-26-41(54-5)27-25-39)28-40(42)29-44(59-31-37-20-14-10-15-21-37)47(63-64(51,52)53)48-46(61-49(3,55-6)50(4,56-7)62-48)45(60-32-38-22-16-11-17-23-38)34-57-30-36-18-12-9-13-19-36/h9-27,35,42-48H,8,28-34H2,1-7H3/p+1/t35-,42-,43-,44-,45+,46+,47?,48-,49?,50?/m1/s1. The van der Waals surface area contributed by atoms with Gasteiger partial charge in [0.25, 0.3) is 0 Å². The zero-order valence-corrected chi connectivity index (χ0v) is 38.8. The second kappa shape index (κ2) is 23.0. The Kier molecular flexibility index (Phi) is 17.8. The van der Waals surface area contributed by atoms with Crippen LogP contribution in [0.4, 0.5) is 0 Å². The number of hydrogen-bond donors (Lipinski definition) is 1. The van der Waals surface area contributed by atoms with Gasteiger partial charge in [-0.3, -0.25) is 4.55 Å². The molecular weight excluding hydrogens is 841 g/mol. The van der Waals surface area contributed by atoms with Crippen LogP contribution in [0.2, 0.25) is 0 Å². The van der Waals surface area contributed by atoms with Crippen LogP contribution >= 0.6 is 0 Å². The number of ether oxygens (including phenoxy) is 9. The molecule has 4 aromatic rings. The Labute approximate surface area is 379 Å². The lowest BCUT2D eigenvalue weighted by Gasteiger charge is -2.54. The fourth-order valence-corrected chi connectivity index (χ4v) is 9.30. The van der Waals surface area contributed by atoms with Crippen LogP contribution in [0.25, 0.3) is 0 Å². The van der Waals surface area contributed by atoms with E-state index in [4.69, 9.17) is 46.8 Å². The van der Waals surface area contributed by atoms with Crippen LogP contribution < -0.4 is 4.74 Å². The van der Waals surface area contributed by atoms with E-state index >= 15 is 0 Å². The number of methoxy groups -OCH3 is 3. The van der Waals surface area contributed by atoms with Crippen LogP contribution in [0, 0.1) is 17.8 Å². The third-order valence-corrected chi connectivity index (χ3v) is 13.1. The van der Waals surface area contributed by atoms with E-state index in [9.17, 15) is 13.0 Å². The highest BCUT2D eigenvalue weighted by Gasteiger charge is 2.62.